The number of benzene rings is 1. The normalized spacial score (nSPS) is 12.6. The molecule has 0 aliphatic rings. The highest BCUT2D eigenvalue weighted by atomic mass is 15.3. The first kappa shape index (κ1) is 13.7. The molecule has 3 aromatic heterocycles. The quantitative estimate of drug-likeness (QED) is 0.626. The summed E-state index contributed by atoms with van der Waals surface area (Å²) in [6.07, 6.45) is 8.34. The Bertz CT molecular complexity index is 923. The zero-order valence-corrected chi connectivity index (χ0v) is 12.8. The molecule has 1 aromatic carbocycles. The van der Waals surface area contributed by atoms with Gasteiger partial charge in [-0.3, -0.25) is 4.68 Å². The molecule has 1 atom stereocenters. The van der Waals surface area contributed by atoms with Crippen LogP contribution < -0.4 is 0 Å². The number of nitrogens with one attached hydrogen (secondary N) is 1. The molecule has 0 spiro atoms. The molecule has 5 heteroatoms. The standard InChI is InChI=1S/C18H17N5/c1-13(9-14-5-3-2-4-6-14)23-11-15(10-22-23)17-16-7-8-19-18(16)21-12-20-17/h2-8,10-13H,9H2,1H3,(H,19,20,21). The van der Waals surface area contributed by atoms with Gasteiger partial charge >= 0.3 is 0 Å². The van der Waals surface area contributed by atoms with Gasteiger partial charge in [0, 0.05) is 23.3 Å². The van der Waals surface area contributed by atoms with E-state index in [-0.39, 0.29) is 6.04 Å². The minimum Gasteiger partial charge on any atom is -0.346 e. The zero-order chi connectivity index (χ0) is 15.6. The lowest BCUT2D eigenvalue weighted by Crippen LogP contribution is -2.08. The van der Waals surface area contributed by atoms with Crippen LogP contribution in [0.25, 0.3) is 22.3 Å². The van der Waals surface area contributed by atoms with Gasteiger partial charge in [-0.25, -0.2) is 9.97 Å². The Morgan fingerprint density at radius 2 is 2.00 bits per heavy atom. The van der Waals surface area contributed by atoms with Gasteiger partial charge < -0.3 is 4.98 Å². The molecule has 114 valence electrons. The molecule has 0 bridgehead atoms. The summed E-state index contributed by atoms with van der Waals surface area (Å²) in [6.45, 7) is 2.18. The predicted molar refractivity (Wildman–Crippen MR) is 90.0 cm³/mol. The van der Waals surface area contributed by atoms with E-state index >= 15 is 0 Å². The average Bonchev–Trinajstić information content (AvgIpc) is 3.25. The number of H-pyrrole nitrogens is 1. The van der Waals surface area contributed by atoms with Crippen LogP contribution in [-0.4, -0.2) is 24.7 Å². The third kappa shape index (κ3) is 2.61. The number of hydrogen-bond acceptors (Lipinski definition) is 3. The van der Waals surface area contributed by atoms with Crippen molar-refractivity contribution in [2.45, 2.75) is 19.4 Å². The third-order valence-electron chi connectivity index (χ3n) is 4.05. The van der Waals surface area contributed by atoms with E-state index in [1.807, 2.05) is 29.2 Å². The number of hydrogen-bond donors (Lipinski definition) is 1. The summed E-state index contributed by atoms with van der Waals surface area (Å²) >= 11 is 0. The molecule has 0 aliphatic heterocycles. The lowest BCUT2D eigenvalue weighted by atomic mass is 10.1. The van der Waals surface area contributed by atoms with Crippen LogP contribution in [0.2, 0.25) is 0 Å². The largest absolute Gasteiger partial charge is 0.346 e. The van der Waals surface area contributed by atoms with Crippen molar-refractivity contribution in [2.75, 3.05) is 0 Å². The lowest BCUT2D eigenvalue weighted by molar-refractivity contribution is 0.489. The Labute approximate surface area is 134 Å². The van der Waals surface area contributed by atoms with E-state index < -0.39 is 0 Å². The molecule has 1 N–H and O–H groups in total. The Morgan fingerprint density at radius 3 is 2.87 bits per heavy atom. The summed E-state index contributed by atoms with van der Waals surface area (Å²) < 4.78 is 2.00. The molecule has 0 fully saturated rings. The smallest absolute Gasteiger partial charge is 0.141 e. The molecule has 0 radical (unpaired) electrons. The molecule has 23 heavy (non-hydrogen) atoms. The number of fused-ring (bicyclic) bond motifs is 1. The minimum atomic E-state index is 0.287. The van der Waals surface area contributed by atoms with E-state index in [1.54, 1.807) is 6.33 Å². The molecule has 1 unspecified atom stereocenters. The van der Waals surface area contributed by atoms with E-state index in [0.717, 1.165) is 28.7 Å². The van der Waals surface area contributed by atoms with Gasteiger partial charge in [0.05, 0.1) is 17.9 Å². The number of aromatic amines is 1. The summed E-state index contributed by atoms with van der Waals surface area (Å²) in [7, 11) is 0. The second-order valence-electron chi connectivity index (χ2n) is 5.71. The van der Waals surface area contributed by atoms with Crippen LogP contribution in [0.5, 0.6) is 0 Å². The highest BCUT2D eigenvalue weighted by molar-refractivity contribution is 5.89. The van der Waals surface area contributed by atoms with E-state index in [4.69, 9.17) is 0 Å². The van der Waals surface area contributed by atoms with Crippen LogP contribution >= 0.6 is 0 Å². The maximum absolute atomic E-state index is 4.53. The molecule has 0 amide bonds. The number of aromatic nitrogens is 5. The van der Waals surface area contributed by atoms with Crippen LogP contribution in [0, 0.1) is 0 Å². The van der Waals surface area contributed by atoms with Gasteiger partial charge in [-0.1, -0.05) is 30.3 Å². The van der Waals surface area contributed by atoms with Gasteiger partial charge in [0.15, 0.2) is 0 Å². The third-order valence-corrected chi connectivity index (χ3v) is 4.05. The van der Waals surface area contributed by atoms with Crippen molar-refractivity contribution in [1.29, 1.82) is 0 Å². The molecule has 5 nitrogen and oxygen atoms in total. The van der Waals surface area contributed by atoms with E-state index in [9.17, 15) is 0 Å². The maximum Gasteiger partial charge on any atom is 0.141 e. The van der Waals surface area contributed by atoms with Crippen molar-refractivity contribution < 1.29 is 0 Å². The molecule has 0 aliphatic carbocycles. The number of nitrogens with zero attached hydrogens (tertiary/aromatic N) is 4. The van der Waals surface area contributed by atoms with Crippen molar-refractivity contribution in [1.82, 2.24) is 24.7 Å². The van der Waals surface area contributed by atoms with Crippen molar-refractivity contribution in [3.63, 3.8) is 0 Å². The van der Waals surface area contributed by atoms with Crippen molar-refractivity contribution in [3.05, 3.63) is 66.9 Å². The Morgan fingerprint density at radius 1 is 1.13 bits per heavy atom. The highest BCUT2D eigenvalue weighted by Gasteiger charge is 2.12. The molecule has 3 heterocycles. The summed E-state index contributed by atoms with van der Waals surface area (Å²) in [5.41, 5.74) is 4.08. The summed E-state index contributed by atoms with van der Waals surface area (Å²) in [5, 5.41) is 5.54. The first-order valence-electron chi connectivity index (χ1n) is 7.68. The van der Waals surface area contributed by atoms with Crippen LogP contribution in [0.15, 0.2) is 61.3 Å². The Hall–Kier alpha value is -2.95. The zero-order valence-electron chi connectivity index (χ0n) is 12.8. The minimum absolute atomic E-state index is 0.287. The SMILES string of the molecule is CC(Cc1ccccc1)n1cc(-c2ncnc3[nH]ccc23)cn1. The second-order valence-corrected chi connectivity index (χ2v) is 5.71. The maximum atomic E-state index is 4.53. The van der Waals surface area contributed by atoms with Gasteiger partial charge in [0.1, 0.15) is 12.0 Å². The monoisotopic (exact) mass is 303 g/mol. The van der Waals surface area contributed by atoms with Crippen molar-refractivity contribution in [3.8, 4) is 11.3 Å². The van der Waals surface area contributed by atoms with Crippen LogP contribution in [-0.2, 0) is 6.42 Å². The molecular formula is C18H17N5. The molecule has 4 rings (SSSR count). The summed E-state index contributed by atoms with van der Waals surface area (Å²) in [6, 6.07) is 12.8. The Kier molecular flexibility index (Phi) is 3.38. The topological polar surface area (TPSA) is 59.4 Å². The molecular weight excluding hydrogens is 286 g/mol. The van der Waals surface area contributed by atoms with Crippen molar-refractivity contribution >= 4 is 11.0 Å². The molecule has 0 saturated heterocycles. The highest BCUT2D eigenvalue weighted by Crippen LogP contribution is 2.25. The van der Waals surface area contributed by atoms with E-state index in [1.165, 1.54) is 5.56 Å². The second kappa shape index (κ2) is 5.68. The Balaban J connectivity index is 1.63. The predicted octanol–water partition coefficient (Wildman–Crippen LogP) is 3.63. The van der Waals surface area contributed by atoms with Gasteiger partial charge in [-0.05, 0) is 25.0 Å². The van der Waals surface area contributed by atoms with E-state index in [2.05, 4.69) is 57.4 Å². The fourth-order valence-corrected chi connectivity index (χ4v) is 2.85. The van der Waals surface area contributed by atoms with Gasteiger partial charge in [-0.2, -0.15) is 5.10 Å². The van der Waals surface area contributed by atoms with Crippen LogP contribution in [0.3, 0.4) is 0 Å². The molecule has 4 aromatic rings. The van der Waals surface area contributed by atoms with Crippen molar-refractivity contribution in [2.24, 2.45) is 0 Å². The van der Waals surface area contributed by atoms with Gasteiger partial charge in [-0.15, -0.1) is 0 Å². The van der Waals surface area contributed by atoms with Gasteiger partial charge in [0.2, 0.25) is 0 Å². The fourth-order valence-electron chi connectivity index (χ4n) is 2.85. The molecule has 0 saturated carbocycles. The lowest BCUT2D eigenvalue weighted by Gasteiger charge is -2.12. The summed E-state index contributed by atoms with van der Waals surface area (Å²) in [4.78, 5) is 11.8. The fraction of sp³-hybridized carbons (Fsp3) is 0.167. The van der Waals surface area contributed by atoms with Gasteiger partial charge in [0.25, 0.3) is 0 Å². The average molecular weight is 303 g/mol. The number of rotatable bonds is 4. The summed E-state index contributed by atoms with van der Waals surface area (Å²) in [5.74, 6) is 0. The first-order valence-corrected chi connectivity index (χ1v) is 7.68. The van der Waals surface area contributed by atoms with E-state index in [0.29, 0.717) is 0 Å². The first-order chi connectivity index (χ1) is 11.3. The van der Waals surface area contributed by atoms with Crippen LogP contribution in [0.4, 0.5) is 0 Å². The van der Waals surface area contributed by atoms with Crippen LogP contribution in [0.1, 0.15) is 18.5 Å².